The molecule has 0 radical (unpaired) electrons. The quantitative estimate of drug-likeness (QED) is 0.714. The van der Waals surface area contributed by atoms with Crippen molar-refractivity contribution in [1.82, 2.24) is 4.90 Å². The third-order valence-electron chi connectivity index (χ3n) is 4.15. The molecule has 1 amide bonds. The average Bonchev–Trinajstić information content (AvgIpc) is 2.45. The predicted octanol–water partition coefficient (Wildman–Crippen LogP) is 2.00. The van der Waals surface area contributed by atoms with Crippen LogP contribution in [-0.2, 0) is 9.59 Å². The van der Waals surface area contributed by atoms with Gasteiger partial charge >= 0.3 is 5.97 Å². The maximum atomic E-state index is 12.3. The number of aliphatic carboxylic acids is 1. The van der Waals surface area contributed by atoms with E-state index in [2.05, 4.69) is 6.92 Å². The average molecular weight is 284 g/mol. The minimum Gasteiger partial charge on any atom is -0.480 e. The van der Waals surface area contributed by atoms with Gasteiger partial charge in [-0.05, 0) is 44.6 Å². The van der Waals surface area contributed by atoms with Crippen molar-refractivity contribution in [3.63, 3.8) is 0 Å². The van der Waals surface area contributed by atoms with E-state index in [0.717, 1.165) is 38.5 Å². The first-order chi connectivity index (χ1) is 9.60. The first kappa shape index (κ1) is 17.0. The fourth-order valence-electron chi connectivity index (χ4n) is 3.03. The van der Waals surface area contributed by atoms with E-state index in [1.807, 2.05) is 0 Å². The molecule has 1 aliphatic rings. The first-order valence-electron chi connectivity index (χ1n) is 7.82. The summed E-state index contributed by atoms with van der Waals surface area (Å²) in [5, 5.41) is 9.19. The summed E-state index contributed by atoms with van der Waals surface area (Å²) >= 11 is 0. The minimum atomic E-state index is -0.870. The zero-order chi connectivity index (χ0) is 15.0. The van der Waals surface area contributed by atoms with Crippen LogP contribution in [0.3, 0.4) is 0 Å². The molecule has 1 saturated heterocycles. The molecule has 1 rings (SSSR count). The summed E-state index contributed by atoms with van der Waals surface area (Å²) in [6, 6.07) is -0.615. The third-order valence-corrected chi connectivity index (χ3v) is 4.15. The Balaban J connectivity index is 2.48. The van der Waals surface area contributed by atoms with Crippen molar-refractivity contribution in [3.8, 4) is 0 Å². The smallest absolute Gasteiger partial charge is 0.326 e. The molecule has 1 unspecified atom stereocenters. The Morgan fingerprint density at radius 3 is 2.65 bits per heavy atom. The number of nitrogens with two attached hydrogens (primary N) is 1. The molecule has 3 N–H and O–H groups in total. The van der Waals surface area contributed by atoms with E-state index < -0.39 is 12.0 Å². The van der Waals surface area contributed by atoms with Gasteiger partial charge in [0.05, 0.1) is 0 Å². The zero-order valence-electron chi connectivity index (χ0n) is 12.5. The molecule has 5 nitrogen and oxygen atoms in total. The van der Waals surface area contributed by atoms with Crippen molar-refractivity contribution in [2.24, 2.45) is 11.7 Å². The number of hydrogen-bond acceptors (Lipinski definition) is 3. The van der Waals surface area contributed by atoms with Crippen LogP contribution in [0.1, 0.15) is 58.3 Å². The van der Waals surface area contributed by atoms with Gasteiger partial charge in [0.25, 0.3) is 0 Å². The van der Waals surface area contributed by atoms with E-state index in [1.165, 1.54) is 0 Å². The maximum Gasteiger partial charge on any atom is 0.326 e. The van der Waals surface area contributed by atoms with Crippen LogP contribution < -0.4 is 5.73 Å². The lowest BCUT2D eigenvalue weighted by Gasteiger charge is -2.33. The third kappa shape index (κ3) is 5.12. The fourth-order valence-corrected chi connectivity index (χ4v) is 3.03. The summed E-state index contributed by atoms with van der Waals surface area (Å²) in [7, 11) is 0. The van der Waals surface area contributed by atoms with Gasteiger partial charge in [-0.25, -0.2) is 4.79 Å². The van der Waals surface area contributed by atoms with E-state index in [9.17, 15) is 14.7 Å². The summed E-state index contributed by atoms with van der Waals surface area (Å²) in [5.74, 6) is -0.387. The number of nitrogens with zero attached hydrogens (tertiary/aromatic N) is 1. The van der Waals surface area contributed by atoms with Crippen molar-refractivity contribution < 1.29 is 14.7 Å². The number of carboxylic acid groups (broad SMARTS) is 1. The highest BCUT2D eigenvalue weighted by Crippen LogP contribution is 2.22. The normalized spacial score (nSPS) is 20.7. The van der Waals surface area contributed by atoms with Crippen LogP contribution in [0, 0.1) is 5.92 Å². The molecule has 1 heterocycles. The van der Waals surface area contributed by atoms with E-state index >= 15 is 0 Å². The lowest BCUT2D eigenvalue weighted by atomic mass is 9.93. The summed E-state index contributed by atoms with van der Waals surface area (Å²) in [4.78, 5) is 25.0. The van der Waals surface area contributed by atoms with E-state index in [0.29, 0.717) is 31.8 Å². The molecule has 2 atom stereocenters. The molecular formula is C15H28N2O3. The minimum absolute atomic E-state index is 0.00442. The SMILES string of the molecule is CCCC(CCN)CCC(=O)N1CCCC[C@@H]1C(=O)O. The van der Waals surface area contributed by atoms with Crippen LogP contribution in [0.2, 0.25) is 0 Å². The van der Waals surface area contributed by atoms with Gasteiger partial charge in [-0.1, -0.05) is 19.8 Å². The van der Waals surface area contributed by atoms with Crippen molar-refractivity contribution in [3.05, 3.63) is 0 Å². The molecular weight excluding hydrogens is 256 g/mol. The Kier molecular flexibility index (Phi) is 7.59. The summed E-state index contributed by atoms with van der Waals surface area (Å²) in [5.41, 5.74) is 5.60. The molecule has 0 aliphatic carbocycles. The summed E-state index contributed by atoms with van der Waals surface area (Å²) in [6.07, 6.45) is 6.81. The second-order valence-corrected chi connectivity index (χ2v) is 5.71. The lowest BCUT2D eigenvalue weighted by molar-refractivity contribution is -0.152. The number of hydrogen-bond donors (Lipinski definition) is 2. The molecule has 0 aromatic rings. The highest BCUT2D eigenvalue weighted by molar-refractivity contribution is 5.83. The van der Waals surface area contributed by atoms with E-state index in [4.69, 9.17) is 5.73 Å². The van der Waals surface area contributed by atoms with Crippen LogP contribution in [0.5, 0.6) is 0 Å². The van der Waals surface area contributed by atoms with Gasteiger partial charge in [-0.15, -0.1) is 0 Å². The van der Waals surface area contributed by atoms with Crippen molar-refractivity contribution in [2.75, 3.05) is 13.1 Å². The number of carbonyl (C=O) groups excluding carboxylic acids is 1. The second-order valence-electron chi connectivity index (χ2n) is 5.71. The number of carboxylic acids is 1. The number of likely N-dealkylation sites (tertiary alicyclic amines) is 1. The second kappa shape index (κ2) is 8.95. The molecule has 116 valence electrons. The Morgan fingerprint density at radius 2 is 2.05 bits per heavy atom. The molecule has 0 bridgehead atoms. The molecule has 0 aromatic carbocycles. The van der Waals surface area contributed by atoms with Crippen LogP contribution in [0.4, 0.5) is 0 Å². The van der Waals surface area contributed by atoms with Gasteiger partial charge in [-0.2, -0.15) is 0 Å². The summed E-state index contributed by atoms with van der Waals surface area (Å²) < 4.78 is 0. The highest BCUT2D eigenvalue weighted by Gasteiger charge is 2.31. The van der Waals surface area contributed by atoms with Gasteiger partial charge in [0.15, 0.2) is 0 Å². The van der Waals surface area contributed by atoms with Crippen molar-refractivity contribution in [2.45, 2.75) is 64.3 Å². The largest absolute Gasteiger partial charge is 0.480 e. The molecule has 1 aliphatic heterocycles. The monoisotopic (exact) mass is 284 g/mol. The standard InChI is InChI=1S/C15H28N2O3/c1-2-5-12(9-10-16)7-8-14(18)17-11-4-3-6-13(17)15(19)20/h12-13H,2-11,16H2,1H3,(H,19,20)/t12?,13-/m1/s1. The Labute approximate surface area is 121 Å². The fraction of sp³-hybridized carbons (Fsp3) is 0.867. The van der Waals surface area contributed by atoms with Crippen molar-refractivity contribution >= 4 is 11.9 Å². The molecule has 1 fully saturated rings. The number of amides is 1. The molecule has 0 spiro atoms. The number of piperidine rings is 1. The van der Waals surface area contributed by atoms with Gasteiger partial charge in [0, 0.05) is 13.0 Å². The molecule has 0 aromatic heterocycles. The Bertz CT molecular complexity index is 314. The maximum absolute atomic E-state index is 12.3. The molecule has 0 saturated carbocycles. The topological polar surface area (TPSA) is 83.6 Å². The van der Waals surface area contributed by atoms with Crippen molar-refractivity contribution in [1.29, 1.82) is 0 Å². The van der Waals surface area contributed by atoms with Gasteiger partial charge in [0.2, 0.25) is 5.91 Å². The van der Waals surface area contributed by atoms with Crippen LogP contribution in [0.15, 0.2) is 0 Å². The van der Waals surface area contributed by atoms with Gasteiger partial charge in [0.1, 0.15) is 6.04 Å². The van der Waals surface area contributed by atoms with Crippen LogP contribution in [0.25, 0.3) is 0 Å². The first-order valence-corrected chi connectivity index (χ1v) is 7.82. The Hall–Kier alpha value is -1.10. The van der Waals surface area contributed by atoms with E-state index in [-0.39, 0.29) is 5.91 Å². The molecule has 5 heteroatoms. The number of rotatable bonds is 8. The summed E-state index contributed by atoms with van der Waals surface area (Å²) in [6.45, 7) is 3.38. The lowest BCUT2D eigenvalue weighted by Crippen LogP contribution is -2.48. The van der Waals surface area contributed by atoms with Crippen LogP contribution >= 0.6 is 0 Å². The van der Waals surface area contributed by atoms with Gasteiger partial charge < -0.3 is 15.7 Å². The predicted molar refractivity (Wildman–Crippen MR) is 78.3 cm³/mol. The highest BCUT2D eigenvalue weighted by atomic mass is 16.4. The van der Waals surface area contributed by atoms with Gasteiger partial charge in [-0.3, -0.25) is 4.79 Å². The zero-order valence-corrected chi connectivity index (χ0v) is 12.5. The van der Waals surface area contributed by atoms with Crippen LogP contribution in [-0.4, -0.2) is 41.0 Å². The Morgan fingerprint density at radius 1 is 1.30 bits per heavy atom. The van der Waals surface area contributed by atoms with E-state index in [1.54, 1.807) is 4.90 Å². The molecule has 20 heavy (non-hydrogen) atoms. The number of carbonyl (C=O) groups is 2.